The Bertz CT molecular complexity index is 218. The maximum absolute atomic E-state index is 5.88. The molecule has 108 valence electrons. The normalized spacial score (nSPS) is 24.7. The van der Waals surface area contributed by atoms with Gasteiger partial charge < -0.3 is 10.6 Å². The molecule has 0 aliphatic carbocycles. The van der Waals surface area contributed by atoms with Crippen LogP contribution < -0.4 is 5.73 Å². The maximum Gasteiger partial charge on any atom is 0.0195 e. The van der Waals surface area contributed by atoms with Crippen molar-refractivity contribution in [2.24, 2.45) is 17.6 Å². The quantitative estimate of drug-likeness (QED) is 0.755. The number of piperazine rings is 1. The van der Waals surface area contributed by atoms with Crippen LogP contribution in [0.4, 0.5) is 0 Å². The summed E-state index contributed by atoms with van der Waals surface area (Å²) in [5, 5.41) is 0. The molecular formula is C15H33N3. The third-order valence-electron chi connectivity index (χ3n) is 4.25. The molecule has 18 heavy (non-hydrogen) atoms. The summed E-state index contributed by atoms with van der Waals surface area (Å²) in [6, 6.07) is 0.713. The van der Waals surface area contributed by atoms with Crippen molar-refractivity contribution in [1.29, 1.82) is 0 Å². The molecule has 2 N–H and O–H groups in total. The van der Waals surface area contributed by atoms with Crippen molar-refractivity contribution in [3.8, 4) is 0 Å². The second-order valence-electron chi connectivity index (χ2n) is 6.30. The SMILES string of the molecule is CCN1CCN(CCC(CN)CC(C)C)CC1C. The zero-order valence-corrected chi connectivity index (χ0v) is 12.9. The minimum atomic E-state index is 0.713. The molecular weight excluding hydrogens is 222 g/mol. The molecule has 0 radical (unpaired) electrons. The van der Waals surface area contributed by atoms with Gasteiger partial charge in [0, 0.05) is 25.7 Å². The number of hydrogen-bond acceptors (Lipinski definition) is 3. The van der Waals surface area contributed by atoms with E-state index in [1.807, 2.05) is 0 Å². The lowest BCUT2D eigenvalue weighted by Crippen LogP contribution is -2.51. The van der Waals surface area contributed by atoms with E-state index in [1.165, 1.54) is 45.6 Å². The van der Waals surface area contributed by atoms with Crippen LogP contribution in [0.3, 0.4) is 0 Å². The number of hydrogen-bond donors (Lipinski definition) is 1. The van der Waals surface area contributed by atoms with E-state index in [2.05, 4.69) is 37.5 Å². The molecule has 1 aliphatic rings. The fraction of sp³-hybridized carbons (Fsp3) is 1.00. The molecule has 3 heteroatoms. The largest absolute Gasteiger partial charge is 0.330 e. The molecule has 0 amide bonds. The van der Waals surface area contributed by atoms with E-state index in [9.17, 15) is 0 Å². The van der Waals surface area contributed by atoms with Crippen LogP contribution in [0.2, 0.25) is 0 Å². The number of rotatable bonds is 7. The molecule has 3 nitrogen and oxygen atoms in total. The summed E-state index contributed by atoms with van der Waals surface area (Å²) in [5.74, 6) is 1.49. The van der Waals surface area contributed by atoms with Crippen molar-refractivity contribution >= 4 is 0 Å². The molecule has 1 rings (SSSR count). The van der Waals surface area contributed by atoms with Gasteiger partial charge in [-0.15, -0.1) is 0 Å². The summed E-state index contributed by atoms with van der Waals surface area (Å²) in [6.07, 6.45) is 2.55. The number of nitrogens with two attached hydrogens (primary N) is 1. The standard InChI is InChI=1S/C15H33N3/c1-5-18-9-8-17(12-14(18)4)7-6-15(11-16)10-13(2)3/h13-15H,5-12,16H2,1-4H3. The monoisotopic (exact) mass is 255 g/mol. The van der Waals surface area contributed by atoms with Gasteiger partial charge in [0.1, 0.15) is 0 Å². The minimum absolute atomic E-state index is 0.713. The van der Waals surface area contributed by atoms with Gasteiger partial charge in [0.2, 0.25) is 0 Å². The summed E-state index contributed by atoms with van der Waals surface area (Å²) in [5.41, 5.74) is 5.88. The van der Waals surface area contributed by atoms with E-state index < -0.39 is 0 Å². The van der Waals surface area contributed by atoms with Gasteiger partial charge in [-0.2, -0.15) is 0 Å². The van der Waals surface area contributed by atoms with Crippen LogP contribution in [0, 0.1) is 11.8 Å². The summed E-state index contributed by atoms with van der Waals surface area (Å²) in [7, 11) is 0. The van der Waals surface area contributed by atoms with E-state index in [0.717, 1.165) is 12.5 Å². The first kappa shape index (κ1) is 15.9. The molecule has 0 spiro atoms. The molecule has 2 atom stereocenters. The maximum atomic E-state index is 5.88. The highest BCUT2D eigenvalue weighted by atomic mass is 15.3. The van der Waals surface area contributed by atoms with Gasteiger partial charge >= 0.3 is 0 Å². The second-order valence-corrected chi connectivity index (χ2v) is 6.30. The third-order valence-corrected chi connectivity index (χ3v) is 4.25. The smallest absolute Gasteiger partial charge is 0.0195 e. The zero-order chi connectivity index (χ0) is 13.5. The van der Waals surface area contributed by atoms with E-state index in [4.69, 9.17) is 5.73 Å². The van der Waals surface area contributed by atoms with Crippen molar-refractivity contribution in [3.63, 3.8) is 0 Å². The summed E-state index contributed by atoms with van der Waals surface area (Å²) in [4.78, 5) is 5.20. The number of nitrogens with zero attached hydrogens (tertiary/aromatic N) is 2. The summed E-state index contributed by atoms with van der Waals surface area (Å²) >= 11 is 0. The molecule has 0 aromatic heterocycles. The van der Waals surface area contributed by atoms with Crippen molar-refractivity contribution in [3.05, 3.63) is 0 Å². The van der Waals surface area contributed by atoms with Gasteiger partial charge in [-0.25, -0.2) is 0 Å². The average molecular weight is 255 g/mol. The van der Waals surface area contributed by atoms with E-state index in [1.54, 1.807) is 0 Å². The van der Waals surface area contributed by atoms with Crippen LogP contribution in [0.1, 0.15) is 40.5 Å². The Morgan fingerprint density at radius 1 is 1.28 bits per heavy atom. The van der Waals surface area contributed by atoms with Gasteiger partial charge in [0.05, 0.1) is 0 Å². The minimum Gasteiger partial charge on any atom is -0.330 e. The molecule has 1 aliphatic heterocycles. The van der Waals surface area contributed by atoms with Gasteiger partial charge in [0.25, 0.3) is 0 Å². The molecule has 1 fully saturated rings. The summed E-state index contributed by atoms with van der Waals surface area (Å²) in [6.45, 7) is 16.2. The number of likely N-dealkylation sites (N-methyl/N-ethyl adjacent to an activating group) is 1. The van der Waals surface area contributed by atoms with Gasteiger partial charge in [0.15, 0.2) is 0 Å². The van der Waals surface area contributed by atoms with Crippen LogP contribution >= 0.6 is 0 Å². The first-order valence-corrected chi connectivity index (χ1v) is 7.73. The molecule has 0 saturated carbocycles. The molecule has 0 aromatic rings. The Balaban J connectivity index is 2.27. The lowest BCUT2D eigenvalue weighted by atomic mass is 9.94. The Hall–Kier alpha value is -0.120. The van der Waals surface area contributed by atoms with E-state index in [-0.39, 0.29) is 0 Å². The highest BCUT2D eigenvalue weighted by Crippen LogP contribution is 2.16. The van der Waals surface area contributed by atoms with Crippen molar-refractivity contribution in [2.45, 2.75) is 46.6 Å². The fourth-order valence-corrected chi connectivity index (χ4v) is 3.11. The predicted molar refractivity (Wildman–Crippen MR) is 79.8 cm³/mol. The topological polar surface area (TPSA) is 32.5 Å². The van der Waals surface area contributed by atoms with E-state index in [0.29, 0.717) is 12.0 Å². The summed E-state index contributed by atoms with van der Waals surface area (Å²) < 4.78 is 0. The fourth-order valence-electron chi connectivity index (χ4n) is 3.11. The molecule has 0 bridgehead atoms. The molecule has 0 aromatic carbocycles. The van der Waals surface area contributed by atoms with Crippen molar-refractivity contribution in [2.75, 3.05) is 39.3 Å². The van der Waals surface area contributed by atoms with Gasteiger partial charge in [-0.1, -0.05) is 20.8 Å². The highest BCUT2D eigenvalue weighted by molar-refractivity contribution is 4.79. The van der Waals surface area contributed by atoms with Crippen LogP contribution in [-0.4, -0.2) is 55.1 Å². The third kappa shape index (κ3) is 5.25. The van der Waals surface area contributed by atoms with Crippen LogP contribution in [-0.2, 0) is 0 Å². The Morgan fingerprint density at radius 3 is 2.50 bits per heavy atom. The van der Waals surface area contributed by atoms with Gasteiger partial charge in [-0.3, -0.25) is 4.90 Å². The Morgan fingerprint density at radius 2 is 2.00 bits per heavy atom. The van der Waals surface area contributed by atoms with Crippen molar-refractivity contribution in [1.82, 2.24) is 9.80 Å². The Kier molecular flexibility index (Phi) is 7.20. The predicted octanol–water partition coefficient (Wildman–Crippen LogP) is 2.02. The van der Waals surface area contributed by atoms with Crippen LogP contribution in [0.15, 0.2) is 0 Å². The van der Waals surface area contributed by atoms with E-state index >= 15 is 0 Å². The second kappa shape index (κ2) is 8.13. The lowest BCUT2D eigenvalue weighted by Gasteiger charge is -2.39. The first-order chi connectivity index (χ1) is 8.56. The molecule has 1 saturated heterocycles. The first-order valence-electron chi connectivity index (χ1n) is 7.73. The van der Waals surface area contributed by atoms with Crippen molar-refractivity contribution < 1.29 is 0 Å². The molecule has 1 heterocycles. The average Bonchev–Trinajstić information content (AvgIpc) is 2.34. The Labute approximate surface area is 114 Å². The van der Waals surface area contributed by atoms with Crippen LogP contribution in [0.5, 0.6) is 0 Å². The highest BCUT2D eigenvalue weighted by Gasteiger charge is 2.22. The zero-order valence-electron chi connectivity index (χ0n) is 12.9. The van der Waals surface area contributed by atoms with Crippen LogP contribution in [0.25, 0.3) is 0 Å². The lowest BCUT2D eigenvalue weighted by molar-refractivity contribution is 0.0835. The van der Waals surface area contributed by atoms with Gasteiger partial charge in [-0.05, 0) is 51.2 Å². The molecule has 2 unspecified atom stereocenters.